The predicted molar refractivity (Wildman–Crippen MR) is 108 cm³/mol. The predicted octanol–water partition coefficient (Wildman–Crippen LogP) is 3.03. The highest BCUT2D eigenvalue weighted by Gasteiger charge is 2.13. The first-order valence-electron chi connectivity index (χ1n) is 8.98. The first kappa shape index (κ1) is 18.0. The molecule has 0 bridgehead atoms. The second kappa shape index (κ2) is 6.67. The van der Waals surface area contributed by atoms with Crippen LogP contribution in [0.1, 0.15) is 22.6 Å². The summed E-state index contributed by atoms with van der Waals surface area (Å²) in [5.41, 5.74) is 5.79. The van der Waals surface area contributed by atoms with E-state index in [1.54, 1.807) is 19.2 Å². The van der Waals surface area contributed by atoms with Gasteiger partial charge in [0.25, 0.3) is 5.56 Å². The molecule has 0 aliphatic heterocycles. The SMILES string of the molecule is COc1cc2nc(Cc3cnc4c(C)c(C)n(C)c4c3)[nH]c(=O)c2cc1OC. The number of pyridine rings is 1. The van der Waals surface area contributed by atoms with E-state index < -0.39 is 0 Å². The zero-order valence-corrected chi connectivity index (χ0v) is 16.6. The Morgan fingerprint density at radius 1 is 1.11 bits per heavy atom. The van der Waals surface area contributed by atoms with Crippen LogP contribution in [0, 0.1) is 13.8 Å². The van der Waals surface area contributed by atoms with Gasteiger partial charge in [-0.05, 0) is 37.1 Å². The summed E-state index contributed by atoms with van der Waals surface area (Å²) in [5.74, 6) is 1.62. The van der Waals surface area contributed by atoms with Crippen molar-refractivity contribution in [1.29, 1.82) is 0 Å². The van der Waals surface area contributed by atoms with E-state index in [1.165, 1.54) is 18.4 Å². The third kappa shape index (κ3) is 2.79. The number of nitrogens with one attached hydrogen (secondary N) is 1. The maximum absolute atomic E-state index is 12.6. The Kier molecular flexibility index (Phi) is 4.30. The average Bonchev–Trinajstić information content (AvgIpc) is 2.91. The molecule has 144 valence electrons. The lowest BCUT2D eigenvalue weighted by molar-refractivity contribution is 0.355. The van der Waals surface area contributed by atoms with Gasteiger partial charge in [-0.1, -0.05) is 0 Å². The smallest absolute Gasteiger partial charge is 0.258 e. The Labute approximate surface area is 162 Å². The number of hydrogen-bond donors (Lipinski definition) is 1. The number of hydrogen-bond acceptors (Lipinski definition) is 5. The molecule has 1 aromatic carbocycles. The molecular weight excluding hydrogens is 356 g/mol. The molecule has 7 heteroatoms. The van der Waals surface area contributed by atoms with Crippen LogP contribution in [0.5, 0.6) is 11.5 Å². The Hall–Kier alpha value is -3.35. The Balaban J connectivity index is 1.78. The van der Waals surface area contributed by atoms with Crippen LogP contribution in [-0.4, -0.2) is 33.7 Å². The molecule has 7 nitrogen and oxygen atoms in total. The van der Waals surface area contributed by atoms with Crippen molar-refractivity contribution in [2.45, 2.75) is 20.3 Å². The molecule has 4 rings (SSSR count). The number of rotatable bonds is 4. The van der Waals surface area contributed by atoms with Crippen molar-refractivity contribution >= 4 is 21.9 Å². The number of aromatic nitrogens is 4. The van der Waals surface area contributed by atoms with E-state index in [1.807, 2.05) is 13.2 Å². The lowest BCUT2D eigenvalue weighted by Crippen LogP contribution is -2.12. The molecule has 4 aromatic rings. The van der Waals surface area contributed by atoms with Crippen molar-refractivity contribution in [3.05, 3.63) is 57.4 Å². The molecule has 0 saturated heterocycles. The second-order valence-corrected chi connectivity index (χ2v) is 6.89. The van der Waals surface area contributed by atoms with Gasteiger partial charge < -0.3 is 19.0 Å². The maximum Gasteiger partial charge on any atom is 0.258 e. The van der Waals surface area contributed by atoms with E-state index in [4.69, 9.17) is 9.47 Å². The zero-order chi connectivity index (χ0) is 20.0. The molecule has 0 unspecified atom stereocenters. The number of aryl methyl sites for hydroxylation is 2. The number of nitrogens with zero attached hydrogens (tertiary/aromatic N) is 3. The highest BCUT2D eigenvalue weighted by atomic mass is 16.5. The summed E-state index contributed by atoms with van der Waals surface area (Å²) in [7, 11) is 5.13. The fraction of sp³-hybridized carbons (Fsp3) is 0.286. The Bertz CT molecular complexity index is 1270. The fourth-order valence-electron chi connectivity index (χ4n) is 3.53. The number of fused-ring (bicyclic) bond motifs is 2. The molecule has 0 aliphatic carbocycles. The molecule has 0 aliphatic rings. The van der Waals surface area contributed by atoms with E-state index in [0.717, 1.165) is 16.6 Å². The molecule has 0 atom stereocenters. The largest absolute Gasteiger partial charge is 0.493 e. The van der Waals surface area contributed by atoms with E-state index in [-0.39, 0.29) is 5.56 Å². The first-order valence-corrected chi connectivity index (χ1v) is 8.98. The molecule has 0 saturated carbocycles. The summed E-state index contributed by atoms with van der Waals surface area (Å²) < 4.78 is 12.7. The third-order valence-corrected chi connectivity index (χ3v) is 5.32. The van der Waals surface area contributed by atoms with Crippen LogP contribution < -0.4 is 15.0 Å². The summed E-state index contributed by atoms with van der Waals surface area (Å²) in [6.45, 7) is 4.16. The van der Waals surface area contributed by atoms with Crippen LogP contribution in [0.4, 0.5) is 0 Å². The van der Waals surface area contributed by atoms with Gasteiger partial charge in [-0.15, -0.1) is 0 Å². The minimum Gasteiger partial charge on any atom is -0.493 e. The summed E-state index contributed by atoms with van der Waals surface area (Å²) >= 11 is 0. The van der Waals surface area contributed by atoms with Gasteiger partial charge in [-0.3, -0.25) is 9.78 Å². The zero-order valence-electron chi connectivity index (χ0n) is 16.6. The fourth-order valence-corrected chi connectivity index (χ4v) is 3.53. The molecule has 3 heterocycles. The average molecular weight is 378 g/mol. The molecule has 3 aromatic heterocycles. The molecule has 0 radical (unpaired) electrons. The van der Waals surface area contributed by atoms with E-state index >= 15 is 0 Å². The van der Waals surface area contributed by atoms with Gasteiger partial charge in [0.1, 0.15) is 5.82 Å². The topological polar surface area (TPSA) is 82.0 Å². The molecule has 28 heavy (non-hydrogen) atoms. The van der Waals surface area contributed by atoms with Crippen LogP contribution in [0.25, 0.3) is 21.9 Å². The van der Waals surface area contributed by atoms with Crippen LogP contribution in [0.3, 0.4) is 0 Å². The van der Waals surface area contributed by atoms with E-state index in [0.29, 0.717) is 34.6 Å². The number of H-pyrrole nitrogens is 1. The van der Waals surface area contributed by atoms with E-state index in [2.05, 4.69) is 39.4 Å². The lowest BCUT2D eigenvalue weighted by atomic mass is 10.1. The summed E-state index contributed by atoms with van der Waals surface area (Å²) in [6.07, 6.45) is 2.32. The molecule has 1 N–H and O–H groups in total. The minimum absolute atomic E-state index is 0.208. The van der Waals surface area contributed by atoms with Gasteiger partial charge in [0.15, 0.2) is 11.5 Å². The maximum atomic E-state index is 12.6. The highest BCUT2D eigenvalue weighted by Crippen LogP contribution is 2.30. The van der Waals surface area contributed by atoms with Crippen LogP contribution in [-0.2, 0) is 13.5 Å². The van der Waals surface area contributed by atoms with Crippen molar-refractivity contribution < 1.29 is 9.47 Å². The monoisotopic (exact) mass is 378 g/mol. The first-order chi connectivity index (χ1) is 13.4. The van der Waals surface area contributed by atoms with E-state index in [9.17, 15) is 4.79 Å². The quantitative estimate of drug-likeness (QED) is 0.590. The summed E-state index contributed by atoms with van der Waals surface area (Å²) in [6, 6.07) is 5.46. The number of methoxy groups -OCH3 is 2. The van der Waals surface area contributed by atoms with Gasteiger partial charge in [-0.25, -0.2) is 4.98 Å². The van der Waals surface area contributed by atoms with Gasteiger partial charge in [0.05, 0.1) is 36.2 Å². The van der Waals surface area contributed by atoms with Gasteiger partial charge >= 0.3 is 0 Å². The highest BCUT2D eigenvalue weighted by molar-refractivity contribution is 5.82. The van der Waals surface area contributed by atoms with Gasteiger partial charge in [0.2, 0.25) is 0 Å². The van der Waals surface area contributed by atoms with Gasteiger partial charge in [0, 0.05) is 31.4 Å². The molecule has 0 fully saturated rings. The van der Waals surface area contributed by atoms with Gasteiger partial charge in [-0.2, -0.15) is 0 Å². The summed E-state index contributed by atoms with van der Waals surface area (Å²) in [4.78, 5) is 24.7. The second-order valence-electron chi connectivity index (χ2n) is 6.89. The number of aromatic amines is 1. The Morgan fingerprint density at radius 2 is 1.82 bits per heavy atom. The lowest BCUT2D eigenvalue weighted by Gasteiger charge is -2.09. The van der Waals surface area contributed by atoms with Crippen molar-refractivity contribution in [2.75, 3.05) is 14.2 Å². The summed E-state index contributed by atoms with van der Waals surface area (Å²) in [5, 5.41) is 0.462. The van der Waals surface area contributed by atoms with Crippen molar-refractivity contribution in [2.24, 2.45) is 7.05 Å². The molecular formula is C21H22N4O3. The molecule has 0 amide bonds. The third-order valence-electron chi connectivity index (χ3n) is 5.32. The van der Waals surface area contributed by atoms with Crippen LogP contribution in [0.2, 0.25) is 0 Å². The van der Waals surface area contributed by atoms with Crippen molar-refractivity contribution in [1.82, 2.24) is 19.5 Å². The van der Waals surface area contributed by atoms with Crippen molar-refractivity contribution in [3.8, 4) is 11.5 Å². The number of benzene rings is 1. The minimum atomic E-state index is -0.208. The normalized spacial score (nSPS) is 11.3. The standard InChI is InChI=1S/C21H22N4O3/c1-11-12(2)25(3)16-6-13(10-22-20(11)16)7-19-23-15-9-18(28-5)17(27-4)8-14(15)21(26)24-19/h6,8-10H,7H2,1-5H3,(H,23,24,26). The molecule has 0 spiro atoms. The van der Waals surface area contributed by atoms with Crippen LogP contribution in [0.15, 0.2) is 29.2 Å². The van der Waals surface area contributed by atoms with Crippen LogP contribution >= 0.6 is 0 Å². The number of ether oxygens (including phenoxy) is 2. The Morgan fingerprint density at radius 3 is 2.54 bits per heavy atom. The van der Waals surface area contributed by atoms with Crippen molar-refractivity contribution in [3.63, 3.8) is 0 Å².